The average molecular weight is 219 g/mol. The molecule has 0 radical (unpaired) electrons. The molecular weight excluding hydrogens is 208 g/mol. The van der Waals surface area contributed by atoms with E-state index in [-0.39, 0.29) is 5.78 Å². The predicted octanol–water partition coefficient (Wildman–Crippen LogP) is 1.44. The Morgan fingerprint density at radius 3 is 2.55 bits per heavy atom. The highest BCUT2D eigenvalue weighted by Gasteiger charge is 2.04. The van der Waals surface area contributed by atoms with Gasteiger partial charge >= 0.3 is 0 Å². The van der Waals surface area contributed by atoms with Gasteiger partial charge in [0.05, 0.1) is 10.2 Å². The standard InChI is InChI=1S/C7H11BrN2O/c1-3-10-7(8)6(4-9)5(2)11/h4,9-10H,3H2,1-2H3/b7-6+,9-4?. The lowest BCUT2D eigenvalue weighted by atomic mass is 10.2. The molecule has 0 saturated heterocycles. The predicted molar refractivity (Wildman–Crippen MR) is 49.1 cm³/mol. The van der Waals surface area contributed by atoms with Crippen LogP contribution in [0.25, 0.3) is 0 Å². The lowest BCUT2D eigenvalue weighted by Crippen LogP contribution is -2.13. The minimum atomic E-state index is -0.118. The van der Waals surface area contributed by atoms with Gasteiger partial charge in [0.15, 0.2) is 5.78 Å². The first-order valence-electron chi connectivity index (χ1n) is 3.28. The van der Waals surface area contributed by atoms with Crippen molar-refractivity contribution in [2.45, 2.75) is 13.8 Å². The summed E-state index contributed by atoms with van der Waals surface area (Å²) in [7, 11) is 0. The molecular formula is C7H11BrN2O. The first kappa shape index (κ1) is 10.4. The number of rotatable bonds is 4. The van der Waals surface area contributed by atoms with Gasteiger partial charge in [-0.1, -0.05) is 0 Å². The molecule has 0 aliphatic heterocycles. The van der Waals surface area contributed by atoms with Crippen molar-refractivity contribution in [1.82, 2.24) is 5.32 Å². The Bertz CT molecular complexity index is 199. The number of nitrogens with one attached hydrogen (secondary N) is 2. The largest absolute Gasteiger partial charge is 0.379 e. The van der Waals surface area contributed by atoms with Crippen molar-refractivity contribution < 1.29 is 4.79 Å². The third-order valence-corrected chi connectivity index (χ3v) is 1.80. The van der Waals surface area contributed by atoms with Crippen LogP contribution in [0.1, 0.15) is 13.8 Å². The van der Waals surface area contributed by atoms with Gasteiger partial charge in [-0.25, -0.2) is 0 Å². The Morgan fingerprint density at radius 2 is 2.27 bits per heavy atom. The van der Waals surface area contributed by atoms with Gasteiger partial charge in [-0.2, -0.15) is 0 Å². The normalized spacial score (nSPS) is 11.9. The Kier molecular flexibility index (Phi) is 4.77. The molecule has 0 saturated carbocycles. The van der Waals surface area contributed by atoms with E-state index >= 15 is 0 Å². The van der Waals surface area contributed by atoms with Crippen LogP contribution in [-0.4, -0.2) is 18.5 Å². The van der Waals surface area contributed by atoms with Gasteiger partial charge in [0.25, 0.3) is 0 Å². The lowest BCUT2D eigenvalue weighted by molar-refractivity contribution is -0.113. The maximum Gasteiger partial charge on any atom is 0.163 e. The number of carbonyl (C=O) groups is 1. The number of Topliss-reactive ketones (excluding diaryl/α,β-unsaturated/α-hetero) is 1. The summed E-state index contributed by atoms with van der Waals surface area (Å²) in [5.41, 5.74) is 0.367. The fourth-order valence-electron chi connectivity index (χ4n) is 0.570. The van der Waals surface area contributed by atoms with Crippen LogP contribution in [0, 0.1) is 5.41 Å². The van der Waals surface area contributed by atoms with Gasteiger partial charge in [0, 0.05) is 12.8 Å². The maximum atomic E-state index is 10.8. The van der Waals surface area contributed by atoms with Gasteiger partial charge in [0.1, 0.15) is 0 Å². The number of carbonyl (C=O) groups excluding carboxylic acids is 1. The van der Waals surface area contributed by atoms with Crippen LogP contribution < -0.4 is 5.32 Å². The zero-order chi connectivity index (χ0) is 8.85. The highest BCUT2D eigenvalue weighted by Crippen LogP contribution is 2.07. The van der Waals surface area contributed by atoms with E-state index in [0.717, 1.165) is 12.8 Å². The maximum absolute atomic E-state index is 10.8. The van der Waals surface area contributed by atoms with Crippen molar-refractivity contribution in [3.8, 4) is 0 Å². The molecule has 0 amide bonds. The zero-order valence-electron chi connectivity index (χ0n) is 6.57. The Labute approximate surface area is 74.5 Å². The van der Waals surface area contributed by atoms with Gasteiger partial charge in [-0.15, -0.1) is 0 Å². The van der Waals surface area contributed by atoms with Crippen LogP contribution >= 0.6 is 15.9 Å². The molecule has 11 heavy (non-hydrogen) atoms. The van der Waals surface area contributed by atoms with Crippen molar-refractivity contribution in [3.63, 3.8) is 0 Å². The Hall–Kier alpha value is -0.640. The third-order valence-electron chi connectivity index (χ3n) is 1.09. The van der Waals surface area contributed by atoms with E-state index in [1.807, 2.05) is 6.92 Å². The van der Waals surface area contributed by atoms with Crippen molar-refractivity contribution in [1.29, 1.82) is 5.41 Å². The van der Waals surface area contributed by atoms with Crippen LogP contribution in [0.3, 0.4) is 0 Å². The number of hydrogen-bond acceptors (Lipinski definition) is 3. The summed E-state index contributed by atoms with van der Waals surface area (Å²) in [5, 5.41) is 9.83. The van der Waals surface area contributed by atoms with Crippen molar-refractivity contribution in [3.05, 3.63) is 10.2 Å². The fraction of sp³-hybridized carbons (Fsp3) is 0.429. The first-order chi connectivity index (χ1) is 5.13. The molecule has 4 heteroatoms. The Morgan fingerprint density at radius 1 is 1.73 bits per heavy atom. The molecule has 0 aliphatic carbocycles. The van der Waals surface area contributed by atoms with Crippen molar-refractivity contribution in [2.75, 3.05) is 6.54 Å². The number of hydrogen-bond donors (Lipinski definition) is 2. The van der Waals surface area contributed by atoms with Crippen molar-refractivity contribution >= 4 is 27.9 Å². The van der Waals surface area contributed by atoms with E-state index in [0.29, 0.717) is 10.2 Å². The average Bonchev–Trinajstić information content (AvgIpc) is 1.88. The molecule has 0 aliphatic rings. The SMILES string of the molecule is CCN/C(Br)=C(\C=N)C(C)=O. The van der Waals surface area contributed by atoms with Crippen LogP contribution in [0.5, 0.6) is 0 Å². The summed E-state index contributed by atoms with van der Waals surface area (Å²) in [6.07, 6.45) is 1.04. The quantitative estimate of drug-likeness (QED) is 0.427. The van der Waals surface area contributed by atoms with Gasteiger partial charge in [0.2, 0.25) is 0 Å². The topological polar surface area (TPSA) is 53.0 Å². The molecule has 0 aromatic carbocycles. The molecule has 0 fully saturated rings. The van der Waals surface area contributed by atoms with E-state index < -0.39 is 0 Å². The molecule has 0 spiro atoms. The second kappa shape index (κ2) is 5.07. The van der Waals surface area contributed by atoms with Crippen molar-refractivity contribution in [2.24, 2.45) is 0 Å². The highest BCUT2D eigenvalue weighted by atomic mass is 79.9. The molecule has 62 valence electrons. The summed E-state index contributed by atoms with van der Waals surface area (Å²) in [6.45, 7) is 4.08. The minimum Gasteiger partial charge on any atom is -0.379 e. The van der Waals surface area contributed by atoms with E-state index in [4.69, 9.17) is 5.41 Å². The summed E-state index contributed by atoms with van der Waals surface area (Å²) in [4.78, 5) is 10.8. The number of allylic oxidation sites excluding steroid dienone is 1. The molecule has 0 aromatic rings. The van der Waals surface area contributed by atoms with E-state index in [2.05, 4.69) is 21.2 Å². The van der Waals surface area contributed by atoms with Crippen LogP contribution in [0.2, 0.25) is 0 Å². The molecule has 0 atom stereocenters. The minimum absolute atomic E-state index is 0.118. The van der Waals surface area contributed by atoms with Crippen LogP contribution in [0.4, 0.5) is 0 Å². The summed E-state index contributed by atoms with van der Waals surface area (Å²) >= 11 is 3.16. The molecule has 0 rings (SSSR count). The molecule has 2 N–H and O–H groups in total. The summed E-state index contributed by atoms with van der Waals surface area (Å²) < 4.78 is 0.586. The number of halogens is 1. The highest BCUT2D eigenvalue weighted by molar-refractivity contribution is 9.11. The Balaban J connectivity index is 4.53. The monoisotopic (exact) mass is 218 g/mol. The van der Waals surface area contributed by atoms with E-state index in [1.165, 1.54) is 6.92 Å². The van der Waals surface area contributed by atoms with E-state index in [9.17, 15) is 4.79 Å². The van der Waals surface area contributed by atoms with Crippen LogP contribution in [-0.2, 0) is 4.79 Å². The number of ketones is 1. The van der Waals surface area contributed by atoms with Gasteiger partial charge in [-0.3, -0.25) is 4.79 Å². The molecule has 0 bridgehead atoms. The molecule has 0 heterocycles. The second-order valence-corrected chi connectivity index (χ2v) is 2.75. The molecule has 0 unspecified atom stereocenters. The smallest absolute Gasteiger partial charge is 0.163 e. The third kappa shape index (κ3) is 3.32. The molecule has 0 aromatic heterocycles. The molecule has 3 nitrogen and oxygen atoms in total. The fourth-order valence-corrected chi connectivity index (χ4v) is 1.24. The summed E-state index contributed by atoms with van der Waals surface area (Å²) in [6, 6.07) is 0. The lowest BCUT2D eigenvalue weighted by Gasteiger charge is -2.03. The van der Waals surface area contributed by atoms with E-state index in [1.54, 1.807) is 0 Å². The second-order valence-electron chi connectivity index (χ2n) is 1.96. The van der Waals surface area contributed by atoms with Gasteiger partial charge < -0.3 is 10.7 Å². The zero-order valence-corrected chi connectivity index (χ0v) is 8.16. The van der Waals surface area contributed by atoms with Gasteiger partial charge in [-0.05, 0) is 29.8 Å². The first-order valence-corrected chi connectivity index (χ1v) is 4.07. The summed E-state index contributed by atoms with van der Waals surface area (Å²) in [5.74, 6) is -0.118. The van der Waals surface area contributed by atoms with Crippen LogP contribution in [0.15, 0.2) is 10.2 Å².